The normalized spacial score (nSPS) is 18.6. The predicted molar refractivity (Wildman–Crippen MR) is 76.0 cm³/mol. The van der Waals surface area contributed by atoms with Crippen molar-refractivity contribution >= 4 is 5.69 Å². The van der Waals surface area contributed by atoms with E-state index >= 15 is 0 Å². The van der Waals surface area contributed by atoms with Crippen LogP contribution in [0.2, 0.25) is 0 Å². The van der Waals surface area contributed by atoms with Gasteiger partial charge in [0.25, 0.3) is 0 Å². The monoisotopic (exact) mass is 249 g/mol. The molecule has 1 aromatic rings. The molecule has 1 fully saturated rings. The summed E-state index contributed by atoms with van der Waals surface area (Å²) in [6.45, 7) is 6.66. The standard InChI is InChI=1S/C15H24N2O/c1-13-6-7-14(12-15(13)18)16-8-11-17(2)9-4-3-5-10-17/h6-7,12,16H,3-5,8-11H2,1-2H3/p+1. The Labute approximate surface area is 110 Å². The summed E-state index contributed by atoms with van der Waals surface area (Å²) in [6, 6.07) is 5.80. The molecule has 0 aromatic heterocycles. The number of phenols is 1. The number of nitrogens with one attached hydrogen (secondary N) is 1. The first kappa shape index (κ1) is 13.2. The maximum absolute atomic E-state index is 9.65. The number of rotatable bonds is 4. The fourth-order valence-electron chi connectivity index (χ4n) is 2.69. The first-order valence-electron chi connectivity index (χ1n) is 6.96. The molecular weight excluding hydrogens is 224 g/mol. The fourth-order valence-corrected chi connectivity index (χ4v) is 2.69. The molecule has 0 saturated carbocycles. The van der Waals surface area contributed by atoms with Gasteiger partial charge >= 0.3 is 0 Å². The summed E-state index contributed by atoms with van der Waals surface area (Å²) in [4.78, 5) is 0. The lowest BCUT2D eigenvalue weighted by Crippen LogP contribution is -2.50. The summed E-state index contributed by atoms with van der Waals surface area (Å²) in [5.41, 5.74) is 1.94. The Balaban J connectivity index is 1.82. The second-order valence-electron chi connectivity index (χ2n) is 5.78. The first-order chi connectivity index (χ1) is 8.59. The fraction of sp³-hybridized carbons (Fsp3) is 0.600. The van der Waals surface area contributed by atoms with E-state index in [0.29, 0.717) is 5.75 Å². The van der Waals surface area contributed by atoms with Gasteiger partial charge in [-0.05, 0) is 37.8 Å². The molecule has 1 saturated heterocycles. The Morgan fingerprint density at radius 1 is 1.22 bits per heavy atom. The summed E-state index contributed by atoms with van der Waals surface area (Å²) in [5, 5.41) is 13.1. The van der Waals surface area contributed by atoms with Gasteiger partial charge in [0.2, 0.25) is 0 Å². The van der Waals surface area contributed by atoms with Crippen molar-refractivity contribution in [2.45, 2.75) is 26.2 Å². The van der Waals surface area contributed by atoms with Crippen molar-refractivity contribution in [1.82, 2.24) is 0 Å². The lowest BCUT2D eigenvalue weighted by molar-refractivity contribution is -0.912. The summed E-state index contributed by atoms with van der Waals surface area (Å²) in [6.07, 6.45) is 4.12. The second-order valence-corrected chi connectivity index (χ2v) is 5.78. The Kier molecular flexibility index (Phi) is 4.12. The van der Waals surface area contributed by atoms with Gasteiger partial charge in [0.15, 0.2) is 0 Å². The van der Waals surface area contributed by atoms with Crippen LogP contribution in [0.25, 0.3) is 0 Å². The van der Waals surface area contributed by atoms with Crippen LogP contribution in [0, 0.1) is 6.92 Å². The van der Waals surface area contributed by atoms with E-state index in [9.17, 15) is 5.11 Å². The molecule has 3 heteroatoms. The summed E-state index contributed by atoms with van der Waals surface area (Å²) >= 11 is 0. The third-order valence-corrected chi connectivity index (χ3v) is 4.09. The van der Waals surface area contributed by atoms with Crippen LogP contribution < -0.4 is 5.32 Å². The Hall–Kier alpha value is -1.22. The molecule has 1 heterocycles. The smallest absolute Gasteiger partial charge is 0.120 e. The molecule has 0 aliphatic carbocycles. The zero-order valence-corrected chi connectivity index (χ0v) is 11.6. The van der Waals surface area contributed by atoms with Gasteiger partial charge in [-0.3, -0.25) is 0 Å². The van der Waals surface area contributed by atoms with Crippen LogP contribution in [-0.4, -0.2) is 42.8 Å². The molecule has 0 unspecified atom stereocenters. The number of likely N-dealkylation sites (N-methyl/N-ethyl adjacent to an activating group) is 1. The molecule has 2 rings (SSSR count). The molecule has 0 amide bonds. The molecule has 0 radical (unpaired) electrons. The van der Waals surface area contributed by atoms with Gasteiger partial charge in [-0.25, -0.2) is 0 Å². The molecule has 100 valence electrons. The van der Waals surface area contributed by atoms with Crippen LogP contribution in [0.5, 0.6) is 5.75 Å². The minimum Gasteiger partial charge on any atom is -0.508 e. The topological polar surface area (TPSA) is 32.3 Å². The van der Waals surface area contributed by atoms with Gasteiger partial charge in [0.05, 0.1) is 33.2 Å². The van der Waals surface area contributed by atoms with Crippen molar-refractivity contribution in [1.29, 1.82) is 0 Å². The minimum absolute atomic E-state index is 0.373. The number of likely N-dealkylation sites (tertiary alicyclic amines) is 1. The van der Waals surface area contributed by atoms with Gasteiger partial charge in [-0.1, -0.05) is 6.07 Å². The molecule has 0 spiro atoms. The lowest BCUT2D eigenvalue weighted by Gasteiger charge is -2.37. The number of quaternary nitrogens is 1. The highest BCUT2D eigenvalue weighted by atomic mass is 16.3. The number of aryl methyl sites for hydroxylation is 1. The number of anilines is 1. The zero-order chi connectivity index (χ0) is 13.0. The largest absolute Gasteiger partial charge is 0.508 e. The summed E-state index contributed by atoms with van der Waals surface area (Å²) in [7, 11) is 2.35. The van der Waals surface area contributed by atoms with Crippen LogP contribution in [0.3, 0.4) is 0 Å². The molecule has 0 atom stereocenters. The second kappa shape index (κ2) is 5.61. The highest BCUT2D eigenvalue weighted by Crippen LogP contribution is 2.21. The lowest BCUT2D eigenvalue weighted by atomic mass is 10.1. The van der Waals surface area contributed by atoms with Crippen LogP contribution in [0.4, 0.5) is 5.69 Å². The highest BCUT2D eigenvalue weighted by Gasteiger charge is 2.23. The molecule has 1 aliphatic rings. The molecule has 3 nitrogen and oxygen atoms in total. The van der Waals surface area contributed by atoms with Crippen molar-refractivity contribution < 1.29 is 9.59 Å². The van der Waals surface area contributed by atoms with Gasteiger partial charge in [0.1, 0.15) is 5.75 Å². The maximum Gasteiger partial charge on any atom is 0.120 e. The Bertz CT molecular complexity index is 397. The van der Waals surface area contributed by atoms with Crippen molar-refractivity contribution in [3.8, 4) is 5.75 Å². The molecule has 0 bridgehead atoms. The quantitative estimate of drug-likeness (QED) is 0.804. The van der Waals surface area contributed by atoms with Crippen LogP contribution >= 0.6 is 0 Å². The van der Waals surface area contributed by atoms with Crippen LogP contribution in [-0.2, 0) is 0 Å². The van der Waals surface area contributed by atoms with Crippen molar-refractivity contribution in [2.24, 2.45) is 0 Å². The molecule has 1 aliphatic heterocycles. The third-order valence-electron chi connectivity index (χ3n) is 4.09. The molecule has 1 aromatic carbocycles. The minimum atomic E-state index is 0.373. The average Bonchev–Trinajstić information content (AvgIpc) is 2.34. The number of benzene rings is 1. The van der Waals surface area contributed by atoms with E-state index in [1.807, 2.05) is 25.1 Å². The first-order valence-corrected chi connectivity index (χ1v) is 6.96. The number of piperidine rings is 1. The van der Waals surface area contributed by atoms with Crippen LogP contribution in [0.1, 0.15) is 24.8 Å². The number of hydrogen-bond donors (Lipinski definition) is 2. The van der Waals surface area contributed by atoms with E-state index in [0.717, 1.165) is 24.3 Å². The SMILES string of the molecule is Cc1ccc(NCC[N+]2(C)CCCCC2)cc1O. The number of nitrogens with zero attached hydrogens (tertiary/aromatic N) is 1. The van der Waals surface area contributed by atoms with E-state index < -0.39 is 0 Å². The van der Waals surface area contributed by atoms with Gasteiger partial charge < -0.3 is 14.9 Å². The van der Waals surface area contributed by atoms with Crippen molar-refractivity contribution in [2.75, 3.05) is 38.5 Å². The van der Waals surface area contributed by atoms with E-state index in [1.165, 1.54) is 36.8 Å². The molecule has 18 heavy (non-hydrogen) atoms. The summed E-state index contributed by atoms with van der Waals surface area (Å²) < 4.78 is 1.19. The Morgan fingerprint density at radius 2 is 1.94 bits per heavy atom. The van der Waals surface area contributed by atoms with Gasteiger partial charge in [-0.15, -0.1) is 0 Å². The number of hydrogen-bond acceptors (Lipinski definition) is 2. The molecule has 2 N–H and O–H groups in total. The average molecular weight is 249 g/mol. The summed E-state index contributed by atoms with van der Waals surface area (Å²) in [5.74, 6) is 0.373. The number of phenolic OH excluding ortho intramolecular Hbond substituents is 1. The van der Waals surface area contributed by atoms with E-state index in [1.54, 1.807) is 0 Å². The van der Waals surface area contributed by atoms with E-state index in [-0.39, 0.29) is 0 Å². The Morgan fingerprint density at radius 3 is 2.61 bits per heavy atom. The number of aromatic hydroxyl groups is 1. The van der Waals surface area contributed by atoms with Gasteiger partial charge in [0, 0.05) is 11.8 Å². The predicted octanol–water partition coefficient (Wildman–Crippen LogP) is 2.74. The van der Waals surface area contributed by atoms with E-state index in [2.05, 4.69) is 12.4 Å². The van der Waals surface area contributed by atoms with Crippen molar-refractivity contribution in [3.05, 3.63) is 23.8 Å². The van der Waals surface area contributed by atoms with E-state index in [4.69, 9.17) is 0 Å². The zero-order valence-electron chi connectivity index (χ0n) is 11.6. The third kappa shape index (κ3) is 3.39. The van der Waals surface area contributed by atoms with Crippen LogP contribution in [0.15, 0.2) is 18.2 Å². The van der Waals surface area contributed by atoms with Gasteiger partial charge in [-0.2, -0.15) is 0 Å². The highest BCUT2D eigenvalue weighted by molar-refractivity contribution is 5.50. The molecular formula is C15H25N2O+. The van der Waals surface area contributed by atoms with Crippen molar-refractivity contribution in [3.63, 3.8) is 0 Å². The maximum atomic E-state index is 9.65.